The van der Waals surface area contributed by atoms with Crippen LogP contribution in [-0.2, 0) is 6.42 Å². The van der Waals surface area contributed by atoms with Crippen molar-refractivity contribution < 1.29 is 0 Å². The van der Waals surface area contributed by atoms with E-state index in [9.17, 15) is 0 Å². The lowest BCUT2D eigenvalue weighted by Crippen LogP contribution is -2.50. The highest BCUT2D eigenvalue weighted by Crippen LogP contribution is 2.30. The molecule has 0 amide bonds. The van der Waals surface area contributed by atoms with E-state index in [1.165, 1.54) is 54.5 Å². The fourth-order valence-corrected chi connectivity index (χ4v) is 3.94. The molecule has 1 fully saturated rings. The first-order valence-corrected chi connectivity index (χ1v) is 9.33. The lowest BCUT2D eigenvalue weighted by molar-refractivity contribution is 0.324. The van der Waals surface area contributed by atoms with Crippen LogP contribution in [0.1, 0.15) is 64.0 Å². The molecule has 1 aromatic rings. The molecule has 1 saturated carbocycles. The van der Waals surface area contributed by atoms with Crippen LogP contribution in [0.15, 0.2) is 24.8 Å². The van der Waals surface area contributed by atoms with Crippen molar-refractivity contribution >= 4 is 11.3 Å². The van der Waals surface area contributed by atoms with Gasteiger partial charge in [0.05, 0.1) is 0 Å². The first-order chi connectivity index (χ1) is 11.1. The molecule has 2 nitrogen and oxygen atoms in total. The largest absolute Gasteiger partial charge is 0.370 e. The predicted molar refractivity (Wildman–Crippen MR) is 103 cm³/mol. The second-order valence-corrected chi connectivity index (χ2v) is 7.00. The Morgan fingerprint density at radius 2 is 2.00 bits per heavy atom. The summed E-state index contributed by atoms with van der Waals surface area (Å²) in [5, 5.41) is 3.70. The van der Waals surface area contributed by atoms with E-state index in [2.05, 4.69) is 62.8 Å². The Bertz CT molecular complexity index is 519. The van der Waals surface area contributed by atoms with Crippen molar-refractivity contribution in [1.82, 2.24) is 5.32 Å². The fraction of sp³-hybridized carbons (Fsp3) is 0.619. The zero-order valence-electron chi connectivity index (χ0n) is 15.5. The molecular formula is C21H34N2. The topological polar surface area (TPSA) is 15.3 Å². The number of hydrogen-bond donors (Lipinski definition) is 1. The van der Waals surface area contributed by atoms with Gasteiger partial charge >= 0.3 is 0 Å². The van der Waals surface area contributed by atoms with Crippen LogP contribution in [-0.4, -0.2) is 25.7 Å². The molecule has 0 heterocycles. The second-order valence-electron chi connectivity index (χ2n) is 7.00. The van der Waals surface area contributed by atoms with E-state index < -0.39 is 0 Å². The summed E-state index contributed by atoms with van der Waals surface area (Å²) in [6, 6.07) is 8.17. The monoisotopic (exact) mass is 314 g/mol. The maximum Gasteiger partial charge on any atom is 0.0439 e. The molecular weight excluding hydrogens is 280 g/mol. The zero-order chi connectivity index (χ0) is 16.8. The van der Waals surface area contributed by atoms with Gasteiger partial charge in [-0.15, -0.1) is 0 Å². The molecule has 0 aliphatic heterocycles. The Labute approximate surface area is 143 Å². The molecule has 2 unspecified atom stereocenters. The van der Waals surface area contributed by atoms with E-state index in [1.54, 1.807) is 0 Å². The van der Waals surface area contributed by atoms with Gasteiger partial charge in [0, 0.05) is 24.8 Å². The molecule has 128 valence electrons. The van der Waals surface area contributed by atoms with Gasteiger partial charge < -0.3 is 10.2 Å². The molecule has 0 saturated heterocycles. The molecule has 0 spiro atoms. The molecule has 2 heteroatoms. The summed E-state index contributed by atoms with van der Waals surface area (Å²) in [6.45, 7) is 11.8. The smallest absolute Gasteiger partial charge is 0.0439 e. The second kappa shape index (κ2) is 8.54. The average Bonchev–Trinajstić information content (AvgIpc) is 2.55. The van der Waals surface area contributed by atoms with Crippen molar-refractivity contribution in [2.24, 2.45) is 0 Å². The maximum absolute atomic E-state index is 4.19. The summed E-state index contributed by atoms with van der Waals surface area (Å²) in [7, 11) is 2.26. The SMILES string of the molecule is C=C(C)c1cc(N(C)C2CCCCC2NCC)ccc1CCC. The average molecular weight is 315 g/mol. The van der Waals surface area contributed by atoms with Crippen LogP contribution in [0.2, 0.25) is 0 Å². The number of anilines is 1. The van der Waals surface area contributed by atoms with E-state index in [0.29, 0.717) is 12.1 Å². The first-order valence-electron chi connectivity index (χ1n) is 9.33. The van der Waals surface area contributed by atoms with Gasteiger partial charge in [0.25, 0.3) is 0 Å². The normalized spacial score (nSPS) is 21.2. The third-order valence-electron chi connectivity index (χ3n) is 5.17. The highest BCUT2D eigenvalue weighted by Gasteiger charge is 2.28. The van der Waals surface area contributed by atoms with Crippen LogP contribution in [0.3, 0.4) is 0 Å². The number of benzene rings is 1. The molecule has 2 rings (SSSR count). The van der Waals surface area contributed by atoms with Crippen LogP contribution in [0.4, 0.5) is 5.69 Å². The van der Waals surface area contributed by atoms with Crippen LogP contribution in [0, 0.1) is 0 Å². The molecule has 23 heavy (non-hydrogen) atoms. The van der Waals surface area contributed by atoms with E-state index in [-0.39, 0.29) is 0 Å². The fourth-order valence-electron chi connectivity index (χ4n) is 3.94. The Morgan fingerprint density at radius 1 is 1.26 bits per heavy atom. The lowest BCUT2D eigenvalue weighted by atomic mass is 9.88. The van der Waals surface area contributed by atoms with Crippen molar-refractivity contribution in [3.63, 3.8) is 0 Å². The molecule has 0 radical (unpaired) electrons. The Hall–Kier alpha value is -1.28. The third-order valence-corrected chi connectivity index (χ3v) is 5.17. The number of allylic oxidation sites excluding steroid dienone is 1. The van der Waals surface area contributed by atoms with Crippen molar-refractivity contribution in [2.75, 3.05) is 18.5 Å². The van der Waals surface area contributed by atoms with E-state index in [4.69, 9.17) is 0 Å². The summed E-state index contributed by atoms with van der Waals surface area (Å²) in [4.78, 5) is 2.49. The molecule has 0 aromatic heterocycles. The van der Waals surface area contributed by atoms with Gasteiger partial charge in [-0.25, -0.2) is 0 Å². The van der Waals surface area contributed by atoms with Gasteiger partial charge in [0.1, 0.15) is 0 Å². The van der Waals surface area contributed by atoms with Gasteiger partial charge in [0.2, 0.25) is 0 Å². The van der Waals surface area contributed by atoms with Crippen molar-refractivity contribution in [3.8, 4) is 0 Å². The van der Waals surface area contributed by atoms with Gasteiger partial charge in [0.15, 0.2) is 0 Å². The number of aryl methyl sites for hydroxylation is 1. The number of nitrogens with one attached hydrogen (secondary N) is 1. The molecule has 1 N–H and O–H groups in total. The Morgan fingerprint density at radius 3 is 2.65 bits per heavy atom. The Kier molecular flexibility index (Phi) is 6.71. The minimum Gasteiger partial charge on any atom is -0.370 e. The van der Waals surface area contributed by atoms with E-state index >= 15 is 0 Å². The zero-order valence-corrected chi connectivity index (χ0v) is 15.5. The first kappa shape index (κ1) is 18.1. The lowest BCUT2D eigenvalue weighted by Gasteiger charge is -2.40. The van der Waals surface area contributed by atoms with Gasteiger partial charge in [-0.3, -0.25) is 0 Å². The summed E-state index contributed by atoms with van der Waals surface area (Å²) >= 11 is 0. The Balaban J connectivity index is 2.25. The highest BCUT2D eigenvalue weighted by molar-refractivity contribution is 5.69. The minimum absolute atomic E-state index is 0.596. The number of likely N-dealkylation sites (N-methyl/N-ethyl adjacent to an activating group) is 2. The van der Waals surface area contributed by atoms with Crippen LogP contribution < -0.4 is 10.2 Å². The number of nitrogens with zero attached hydrogens (tertiary/aromatic N) is 1. The van der Waals surface area contributed by atoms with E-state index in [1.807, 2.05) is 0 Å². The molecule has 0 bridgehead atoms. The van der Waals surface area contributed by atoms with Crippen LogP contribution in [0.5, 0.6) is 0 Å². The summed E-state index contributed by atoms with van der Waals surface area (Å²) < 4.78 is 0. The molecule has 2 atom stereocenters. The van der Waals surface area contributed by atoms with Crippen LogP contribution >= 0.6 is 0 Å². The standard InChI is InChI=1S/C21H34N2/c1-6-10-17-13-14-18(15-19(17)16(3)4)23(5)21-12-9-8-11-20(21)22-7-2/h13-15,20-22H,3,6-12H2,1-2,4-5H3. The maximum atomic E-state index is 4.19. The highest BCUT2D eigenvalue weighted by atomic mass is 15.2. The van der Waals surface area contributed by atoms with Crippen molar-refractivity contribution in [1.29, 1.82) is 0 Å². The van der Waals surface area contributed by atoms with E-state index in [0.717, 1.165) is 13.0 Å². The van der Waals surface area contributed by atoms with Gasteiger partial charge in [-0.05, 0) is 56.0 Å². The summed E-state index contributed by atoms with van der Waals surface area (Å²) in [6.07, 6.45) is 7.60. The molecule has 1 aliphatic rings. The molecule has 1 aromatic carbocycles. The number of rotatable bonds is 7. The summed E-state index contributed by atoms with van der Waals surface area (Å²) in [5.74, 6) is 0. The predicted octanol–water partition coefficient (Wildman–Crippen LogP) is 5.03. The quantitative estimate of drug-likeness (QED) is 0.759. The van der Waals surface area contributed by atoms with Crippen molar-refractivity contribution in [3.05, 3.63) is 35.9 Å². The van der Waals surface area contributed by atoms with Gasteiger partial charge in [-0.2, -0.15) is 0 Å². The van der Waals surface area contributed by atoms with Crippen LogP contribution in [0.25, 0.3) is 5.57 Å². The summed E-state index contributed by atoms with van der Waals surface area (Å²) in [5.41, 5.74) is 5.28. The third kappa shape index (κ3) is 4.38. The number of hydrogen-bond acceptors (Lipinski definition) is 2. The molecule has 1 aliphatic carbocycles. The minimum atomic E-state index is 0.596. The van der Waals surface area contributed by atoms with Crippen molar-refractivity contribution in [2.45, 2.75) is 71.4 Å². The van der Waals surface area contributed by atoms with Gasteiger partial charge in [-0.1, -0.05) is 51.3 Å².